The Bertz CT molecular complexity index is 382. The first-order chi connectivity index (χ1) is 9.20. The van der Waals surface area contributed by atoms with Gasteiger partial charge in [0.05, 0.1) is 19.5 Å². The average molecular weight is 264 g/mol. The highest BCUT2D eigenvalue weighted by molar-refractivity contribution is 5.29. The van der Waals surface area contributed by atoms with Crippen LogP contribution in [-0.2, 0) is 0 Å². The minimum Gasteiger partial charge on any atom is -0.494 e. The normalized spacial score (nSPS) is 20.3. The zero-order chi connectivity index (χ0) is 13.7. The van der Waals surface area contributed by atoms with Gasteiger partial charge < -0.3 is 9.64 Å². The molecule has 0 amide bonds. The van der Waals surface area contributed by atoms with Crippen LogP contribution in [0.2, 0.25) is 0 Å². The maximum Gasteiger partial charge on any atom is 0.225 e. The number of anilines is 1. The van der Waals surface area contributed by atoms with E-state index in [1.165, 1.54) is 25.8 Å². The third-order valence-electron chi connectivity index (χ3n) is 3.85. The number of piperidine rings is 1. The monoisotopic (exact) mass is 264 g/mol. The number of hydrogen-bond acceptors (Lipinski definition) is 5. The molecule has 0 aromatic carbocycles. The highest BCUT2D eigenvalue weighted by atomic mass is 16.5. The number of nitrogens with zero attached hydrogens (tertiary/aromatic N) is 4. The van der Waals surface area contributed by atoms with Crippen molar-refractivity contribution in [1.29, 1.82) is 0 Å². The lowest BCUT2D eigenvalue weighted by atomic mass is 10.0. The second-order valence-corrected chi connectivity index (χ2v) is 5.23. The summed E-state index contributed by atoms with van der Waals surface area (Å²) in [6, 6.07) is 0.707. The number of likely N-dealkylation sites (N-methyl/N-ethyl adjacent to an activating group) is 1. The molecule has 1 atom stereocenters. The Kier molecular flexibility index (Phi) is 4.96. The van der Waals surface area contributed by atoms with Crippen molar-refractivity contribution in [2.24, 2.45) is 0 Å². The lowest BCUT2D eigenvalue weighted by Crippen LogP contribution is -2.42. The number of methoxy groups -OCH3 is 1. The van der Waals surface area contributed by atoms with Crippen molar-refractivity contribution in [3.63, 3.8) is 0 Å². The van der Waals surface area contributed by atoms with Crippen molar-refractivity contribution < 1.29 is 4.74 Å². The smallest absolute Gasteiger partial charge is 0.225 e. The molecule has 1 saturated heterocycles. The molecule has 106 valence electrons. The summed E-state index contributed by atoms with van der Waals surface area (Å²) in [6.07, 6.45) is 7.44. The first-order valence-electron chi connectivity index (χ1n) is 7.02. The number of likely N-dealkylation sites (tertiary alicyclic amines) is 1. The van der Waals surface area contributed by atoms with Crippen molar-refractivity contribution in [2.45, 2.75) is 32.2 Å². The van der Waals surface area contributed by atoms with Gasteiger partial charge in [0.15, 0.2) is 5.75 Å². The lowest BCUT2D eigenvalue weighted by Gasteiger charge is -2.34. The van der Waals surface area contributed by atoms with Gasteiger partial charge in [-0.3, -0.25) is 4.90 Å². The third-order valence-corrected chi connectivity index (χ3v) is 3.85. The molecule has 2 rings (SSSR count). The van der Waals surface area contributed by atoms with Crippen molar-refractivity contribution in [1.82, 2.24) is 14.9 Å². The number of rotatable bonds is 5. The molecular weight excluding hydrogens is 240 g/mol. The van der Waals surface area contributed by atoms with Crippen molar-refractivity contribution in [3.05, 3.63) is 12.4 Å². The fraction of sp³-hybridized carbons (Fsp3) is 0.714. The Labute approximate surface area is 115 Å². The van der Waals surface area contributed by atoms with E-state index in [0.29, 0.717) is 11.8 Å². The average Bonchev–Trinajstić information content (AvgIpc) is 2.46. The van der Waals surface area contributed by atoms with Gasteiger partial charge in [0.2, 0.25) is 5.95 Å². The summed E-state index contributed by atoms with van der Waals surface area (Å²) in [5.74, 6) is 1.45. The van der Waals surface area contributed by atoms with Crippen LogP contribution in [0.25, 0.3) is 0 Å². The first-order valence-corrected chi connectivity index (χ1v) is 7.02. The molecule has 5 nitrogen and oxygen atoms in total. The fourth-order valence-electron chi connectivity index (χ4n) is 2.48. The van der Waals surface area contributed by atoms with Crippen LogP contribution in [0.15, 0.2) is 12.4 Å². The van der Waals surface area contributed by atoms with Crippen LogP contribution < -0.4 is 9.64 Å². The summed E-state index contributed by atoms with van der Waals surface area (Å²) in [6.45, 7) is 5.57. The predicted octanol–water partition coefficient (Wildman–Crippen LogP) is 1.80. The molecule has 1 aromatic rings. The molecule has 0 bridgehead atoms. The Morgan fingerprint density at radius 1 is 1.37 bits per heavy atom. The third kappa shape index (κ3) is 3.80. The quantitative estimate of drug-likeness (QED) is 0.811. The topological polar surface area (TPSA) is 41.5 Å². The molecule has 5 heteroatoms. The van der Waals surface area contributed by atoms with Gasteiger partial charge in [0.25, 0.3) is 0 Å². The Morgan fingerprint density at radius 2 is 2.11 bits per heavy atom. The summed E-state index contributed by atoms with van der Waals surface area (Å²) in [5.41, 5.74) is 0. The van der Waals surface area contributed by atoms with E-state index in [2.05, 4.69) is 26.7 Å². The molecule has 2 heterocycles. The van der Waals surface area contributed by atoms with Gasteiger partial charge in [0.1, 0.15) is 0 Å². The molecule has 0 saturated carbocycles. The van der Waals surface area contributed by atoms with Gasteiger partial charge in [0, 0.05) is 26.2 Å². The highest BCUT2D eigenvalue weighted by Gasteiger charge is 2.18. The van der Waals surface area contributed by atoms with E-state index in [1.54, 1.807) is 19.5 Å². The van der Waals surface area contributed by atoms with E-state index in [1.807, 2.05) is 7.05 Å². The summed E-state index contributed by atoms with van der Waals surface area (Å²) in [7, 11) is 3.66. The first kappa shape index (κ1) is 14.1. The van der Waals surface area contributed by atoms with Crippen LogP contribution in [0.1, 0.15) is 26.2 Å². The second-order valence-electron chi connectivity index (χ2n) is 5.23. The summed E-state index contributed by atoms with van der Waals surface area (Å²) < 4.78 is 5.07. The molecule has 1 unspecified atom stereocenters. The second kappa shape index (κ2) is 6.70. The maximum absolute atomic E-state index is 5.07. The Balaban J connectivity index is 1.84. The van der Waals surface area contributed by atoms with E-state index < -0.39 is 0 Å². The standard InChI is InChI=1S/C14H24N4O/c1-12-6-4-5-7-18(12)9-8-17(2)14-15-10-13(19-3)11-16-14/h10-12H,4-9H2,1-3H3. The zero-order valence-electron chi connectivity index (χ0n) is 12.2. The molecule has 1 aliphatic rings. The van der Waals surface area contributed by atoms with Gasteiger partial charge in [-0.2, -0.15) is 0 Å². The minimum atomic E-state index is 0.696. The van der Waals surface area contributed by atoms with E-state index in [4.69, 9.17) is 4.74 Å². The molecule has 1 aromatic heterocycles. The summed E-state index contributed by atoms with van der Waals surface area (Å²) in [4.78, 5) is 13.3. The van der Waals surface area contributed by atoms with Crippen molar-refractivity contribution in [3.8, 4) is 5.75 Å². The maximum atomic E-state index is 5.07. The van der Waals surface area contributed by atoms with Gasteiger partial charge in [-0.25, -0.2) is 9.97 Å². The lowest BCUT2D eigenvalue weighted by molar-refractivity contribution is 0.165. The molecule has 0 N–H and O–H groups in total. The van der Waals surface area contributed by atoms with Crippen molar-refractivity contribution >= 4 is 5.95 Å². The van der Waals surface area contributed by atoms with Crippen LogP contribution in [0, 0.1) is 0 Å². The van der Waals surface area contributed by atoms with Crippen molar-refractivity contribution in [2.75, 3.05) is 38.7 Å². The van der Waals surface area contributed by atoms with E-state index >= 15 is 0 Å². The molecule has 0 spiro atoms. The number of hydrogen-bond donors (Lipinski definition) is 0. The number of ether oxygens (including phenoxy) is 1. The molecule has 19 heavy (non-hydrogen) atoms. The van der Waals surface area contributed by atoms with E-state index in [9.17, 15) is 0 Å². The van der Waals surface area contributed by atoms with Gasteiger partial charge in [-0.05, 0) is 26.3 Å². The predicted molar refractivity (Wildman–Crippen MR) is 76.7 cm³/mol. The van der Waals surface area contributed by atoms with E-state index in [-0.39, 0.29) is 0 Å². The highest BCUT2D eigenvalue weighted by Crippen LogP contribution is 2.16. The SMILES string of the molecule is COc1cnc(N(C)CCN2CCCCC2C)nc1. The largest absolute Gasteiger partial charge is 0.494 e. The molecule has 1 fully saturated rings. The number of aromatic nitrogens is 2. The minimum absolute atomic E-state index is 0.696. The Morgan fingerprint density at radius 3 is 2.74 bits per heavy atom. The molecule has 0 radical (unpaired) electrons. The molecular formula is C14H24N4O. The fourth-order valence-corrected chi connectivity index (χ4v) is 2.48. The van der Waals surface area contributed by atoms with Gasteiger partial charge in [-0.15, -0.1) is 0 Å². The zero-order valence-corrected chi connectivity index (χ0v) is 12.2. The van der Waals surface area contributed by atoms with Crippen LogP contribution in [0.4, 0.5) is 5.95 Å². The summed E-state index contributed by atoms with van der Waals surface area (Å²) >= 11 is 0. The van der Waals surface area contributed by atoms with Crippen LogP contribution in [0.5, 0.6) is 5.75 Å². The van der Waals surface area contributed by atoms with Crippen LogP contribution in [0.3, 0.4) is 0 Å². The van der Waals surface area contributed by atoms with Gasteiger partial charge >= 0.3 is 0 Å². The van der Waals surface area contributed by atoms with E-state index in [0.717, 1.165) is 19.0 Å². The molecule has 0 aliphatic carbocycles. The Hall–Kier alpha value is -1.36. The summed E-state index contributed by atoms with van der Waals surface area (Å²) in [5, 5.41) is 0. The van der Waals surface area contributed by atoms with Crippen LogP contribution >= 0.6 is 0 Å². The molecule has 1 aliphatic heterocycles. The van der Waals surface area contributed by atoms with Gasteiger partial charge in [-0.1, -0.05) is 6.42 Å². The van der Waals surface area contributed by atoms with Crippen LogP contribution in [-0.4, -0.2) is 54.7 Å².